The minimum atomic E-state index is 0.140. The topological polar surface area (TPSA) is 72.6 Å². The zero-order valence-electron chi connectivity index (χ0n) is 14.3. The van der Waals surface area contributed by atoms with Gasteiger partial charge in [-0.15, -0.1) is 11.3 Å². The van der Waals surface area contributed by atoms with Crippen LogP contribution in [-0.4, -0.2) is 33.2 Å². The lowest BCUT2D eigenvalue weighted by Crippen LogP contribution is -2.23. The lowest BCUT2D eigenvalue weighted by Gasteiger charge is -2.14. The molecule has 0 bridgehead atoms. The fourth-order valence-electron chi connectivity index (χ4n) is 2.96. The lowest BCUT2D eigenvalue weighted by molar-refractivity contribution is 0.357. The number of hydrazone groups is 1. The number of aromatic nitrogens is 1. The highest BCUT2D eigenvalue weighted by atomic mass is 32.1. The van der Waals surface area contributed by atoms with Gasteiger partial charge in [-0.2, -0.15) is 5.10 Å². The van der Waals surface area contributed by atoms with E-state index in [2.05, 4.69) is 10.1 Å². The average molecular weight is 362 g/mol. The number of aliphatic hydroxyl groups excluding tert-OH is 1. The van der Waals surface area contributed by atoms with E-state index in [0.717, 1.165) is 27.9 Å². The molecule has 0 saturated heterocycles. The molecule has 2 heterocycles. The highest BCUT2D eigenvalue weighted by molar-refractivity contribution is 7.19. The highest BCUT2D eigenvalue weighted by Gasteiger charge is 2.30. The van der Waals surface area contributed by atoms with Crippen LogP contribution >= 0.6 is 11.3 Å². The van der Waals surface area contributed by atoms with Crippen LogP contribution in [0.5, 0.6) is 0 Å². The van der Waals surface area contributed by atoms with Gasteiger partial charge in [0.2, 0.25) is 0 Å². The van der Waals surface area contributed by atoms with Gasteiger partial charge in [0.25, 0.3) is 0 Å². The summed E-state index contributed by atoms with van der Waals surface area (Å²) in [5, 5.41) is 25.8. The maximum atomic E-state index is 10.5. The minimum Gasteiger partial charge on any atom is -0.509 e. The van der Waals surface area contributed by atoms with Gasteiger partial charge in [-0.25, -0.2) is 9.99 Å². The molecule has 0 saturated carbocycles. The van der Waals surface area contributed by atoms with Crippen LogP contribution in [-0.2, 0) is 0 Å². The summed E-state index contributed by atoms with van der Waals surface area (Å²) in [7, 11) is 0. The molecule has 0 unspecified atom stereocenters. The van der Waals surface area contributed by atoms with Crippen LogP contribution in [0.15, 0.2) is 65.5 Å². The first-order valence-electron chi connectivity index (χ1n) is 8.44. The number of hydrogen-bond donors (Lipinski definition) is 2. The van der Waals surface area contributed by atoms with Crippen LogP contribution in [0.25, 0.3) is 15.8 Å². The number of hydrogen-bond acceptors (Lipinski definition) is 5. The van der Waals surface area contributed by atoms with Gasteiger partial charge in [0.1, 0.15) is 17.3 Å². The van der Waals surface area contributed by atoms with Gasteiger partial charge < -0.3 is 5.11 Å². The third kappa shape index (κ3) is 2.88. The van der Waals surface area contributed by atoms with Crippen molar-refractivity contribution in [3.8, 4) is 0 Å². The monoisotopic (exact) mass is 362 g/mol. The van der Waals surface area contributed by atoms with Crippen molar-refractivity contribution < 1.29 is 5.11 Å². The van der Waals surface area contributed by atoms with Gasteiger partial charge in [0.05, 0.1) is 21.5 Å². The molecular formula is C20H18N4OS. The van der Waals surface area contributed by atoms with E-state index in [1.165, 1.54) is 11.3 Å². The number of benzene rings is 2. The molecule has 4 rings (SSSR count). The van der Waals surface area contributed by atoms with Crippen LogP contribution in [0.2, 0.25) is 0 Å². The van der Waals surface area contributed by atoms with Crippen molar-refractivity contribution in [2.75, 3.05) is 6.54 Å². The molecule has 2 aromatic carbocycles. The summed E-state index contributed by atoms with van der Waals surface area (Å²) in [5.74, 6) is 0.324. The van der Waals surface area contributed by atoms with E-state index < -0.39 is 0 Å². The van der Waals surface area contributed by atoms with E-state index in [4.69, 9.17) is 5.41 Å². The van der Waals surface area contributed by atoms with Gasteiger partial charge in [-0.1, -0.05) is 49.4 Å². The molecule has 26 heavy (non-hydrogen) atoms. The number of nitrogens with zero attached hydrogens (tertiary/aromatic N) is 3. The average Bonchev–Trinajstić information content (AvgIpc) is 3.20. The second-order valence-corrected chi connectivity index (χ2v) is 7.01. The van der Waals surface area contributed by atoms with Gasteiger partial charge in [0, 0.05) is 0 Å². The first-order chi connectivity index (χ1) is 12.7. The third-order valence-corrected chi connectivity index (χ3v) is 5.33. The van der Waals surface area contributed by atoms with Gasteiger partial charge in [-0.05, 0) is 24.1 Å². The van der Waals surface area contributed by atoms with Crippen LogP contribution in [0.1, 0.15) is 23.9 Å². The summed E-state index contributed by atoms with van der Waals surface area (Å²) in [6.07, 6.45) is 0.741. The van der Waals surface area contributed by atoms with Crippen LogP contribution in [0.3, 0.4) is 0 Å². The van der Waals surface area contributed by atoms with Crippen LogP contribution in [0.4, 0.5) is 0 Å². The molecule has 0 aliphatic carbocycles. The summed E-state index contributed by atoms with van der Waals surface area (Å²) < 4.78 is 1.04. The molecule has 0 amide bonds. The molecule has 1 aliphatic heterocycles. The largest absolute Gasteiger partial charge is 0.509 e. The van der Waals surface area contributed by atoms with E-state index in [9.17, 15) is 5.11 Å². The van der Waals surface area contributed by atoms with E-state index in [-0.39, 0.29) is 18.1 Å². The Hall–Kier alpha value is -2.99. The van der Waals surface area contributed by atoms with Gasteiger partial charge in [0.15, 0.2) is 5.84 Å². The zero-order valence-corrected chi connectivity index (χ0v) is 15.1. The Kier molecular flexibility index (Phi) is 4.26. The molecular weight excluding hydrogens is 344 g/mol. The molecule has 1 aliphatic rings. The molecule has 5 nitrogen and oxygen atoms in total. The second kappa shape index (κ2) is 6.72. The third-order valence-electron chi connectivity index (χ3n) is 4.27. The second-order valence-electron chi connectivity index (χ2n) is 5.98. The first kappa shape index (κ1) is 16.5. The number of rotatable bonds is 4. The van der Waals surface area contributed by atoms with E-state index in [1.54, 1.807) is 5.01 Å². The van der Waals surface area contributed by atoms with Crippen molar-refractivity contribution in [3.63, 3.8) is 0 Å². The van der Waals surface area contributed by atoms with E-state index >= 15 is 0 Å². The Morgan fingerprint density at radius 1 is 1.19 bits per heavy atom. The summed E-state index contributed by atoms with van der Waals surface area (Å²) in [5.41, 5.74) is 3.25. The Balaban J connectivity index is 1.67. The maximum Gasteiger partial charge on any atom is 0.155 e. The number of thiazole rings is 1. The van der Waals surface area contributed by atoms with Crippen molar-refractivity contribution in [3.05, 3.63) is 70.9 Å². The lowest BCUT2D eigenvalue weighted by atomic mass is 10.1. The molecule has 6 heteroatoms. The minimum absolute atomic E-state index is 0.140. The number of fused-ring (bicyclic) bond motifs is 1. The first-order valence-corrected chi connectivity index (χ1v) is 9.26. The molecule has 0 atom stereocenters. The highest BCUT2D eigenvalue weighted by Crippen LogP contribution is 2.33. The number of para-hydroxylation sites is 1. The van der Waals surface area contributed by atoms with Crippen LogP contribution in [0, 0.1) is 5.41 Å². The van der Waals surface area contributed by atoms with E-state index in [1.807, 2.05) is 61.5 Å². The van der Waals surface area contributed by atoms with Crippen molar-refractivity contribution in [2.24, 2.45) is 5.10 Å². The molecule has 1 aromatic heterocycles. The smallest absolute Gasteiger partial charge is 0.155 e. The summed E-state index contributed by atoms with van der Waals surface area (Å²) in [6.45, 7) is 2.23. The van der Waals surface area contributed by atoms with E-state index in [0.29, 0.717) is 10.6 Å². The Morgan fingerprint density at radius 2 is 1.92 bits per heavy atom. The van der Waals surface area contributed by atoms with Crippen molar-refractivity contribution in [1.82, 2.24) is 9.99 Å². The molecule has 0 spiro atoms. The molecule has 130 valence electrons. The fourth-order valence-corrected chi connectivity index (χ4v) is 4.00. The maximum absolute atomic E-state index is 10.5. The van der Waals surface area contributed by atoms with Crippen LogP contribution < -0.4 is 0 Å². The predicted molar refractivity (Wildman–Crippen MR) is 107 cm³/mol. The van der Waals surface area contributed by atoms with Crippen molar-refractivity contribution in [1.29, 1.82) is 5.41 Å². The SMILES string of the molecule is CC/C(=N\N1CC(O)=C(c2nc3ccccc3s2)C1=N)c1ccccc1. The Labute approximate surface area is 155 Å². The number of amidine groups is 1. The molecule has 0 fully saturated rings. The molecule has 0 radical (unpaired) electrons. The quantitative estimate of drug-likeness (QED) is 0.662. The van der Waals surface area contributed by atoms with Crippen molar-refractivity contribution in [2.45, 2.75) is 13.3 Å². The number of nitrogens with one attached hydrogen (secondary N) is 1. The summed E-state index contributed by atoms with van der Waals surface area (Å²) in [6, 6.07) is 17.7. The molecule has 2 N–H and O–H groups in total. The normalized spacial score (nSPS) is 15.3. The summed E-state index contributed by atoms with van der Waals surface area (Å²) >= 11 is 1.48. The van der Waals surface area contributed by atoms with Gasteiger partial charge >= 0.3 is 0 Å². The number of aliphatic hydroxyl groups is 1. The summed E-state index contributed by atoms with van der Waals surface area (Å²) in [4.78, 5) is 4.57. The standard InChI is InChI=1S/C20H18N4OS/c1-2-14(13-8-4-3-5-9-13)23-24-12-16(25)18(19(24)21)20-22-15-10-6-7-11-17(15)26-20/h3-11,21,25H,2,12H2,1H3/b21-19?,23-14+. The Bertz CT molecular complexity index is 1000. The fraction of sp³-hybridized carbons (Fsp3) is 0.150. The Morgan fingerprint density at radius 3 is 2.65 bits per heavy atom. The predicted octanol–water partition coefficient (Wildman–Crippen LogP) is 4.67. The molecule has 3 aromatic rings. The zero-order chi connectivity index (χ0) is 18.1. The van der Waals surface area contributed by atoms with Gasteiger partial charge in [-0.3, -0.25) is 5.41 Å². The van der Waals surface area contributed by atoms with Crippen molar-refractivity contribution >= 4 is 38.7 Å².